The predicted octanol–water partition coefficient (Wildman–Crippen LogP) is 1.88. The van der Waals surface area contributed by atoms with Crippen LogP contribution in [0.5, 0.6) is 0 Å². The van der Waals surface area contributed by atoms with E-state index in [0.717, 1.165) is 11.3 Å². The molecule has 1 aromatic heterocycles. The van der Waals surface area contributed by atoms with E-state index in [4.69, 9.17) is 4.74 Å². The van der Waals surface area contributed by atoms with Gasteiger partial charge in [0.1, 0.15) is 6.33 Å². The molecule has 0 aliphatic heterocycles. The number of hydrogen-bond acceptors (Lipinski definition) is 5. The first kappa shape index (κ1) is 12.0. The van der Waals surface area contributed by atoms with Gasteiger partial charge >= 0.3 is 5.97 Å². The van der Waals surface area contributed by atoms with Crippen LogP contribution in [0, 0.1) is 0 Å². The third-order valence-electron chi connectivity index (χ3n) is 2.43. The largest absolute Gasteiger partial charge is 0.465 e. The van der Waals surface area contributed by atoms with Crippen LogP contribution < -0.4 is 5.32 Å². The monoisotopic (exact) mass is 243 g/mol. The lowest BCUT2D eigenvalue weighted by atomic mass is 10.1. The Morgan fingerprint density at radius 3 is 2.72 bits per heavy atom. The first-order valence-corrected chi connectivity index (χ1v) is 5.46. The summed E-state index contributed by atoms with van der Waals surface area (Å²) < 4.78 is 4.73. The SMILES string of the molecule is COC(=O)c1ccccc1NCc1cncnc1. The van der Waals surface area contributed by atoms with E-state index in [-0.39, 0.29) is 5.97 Å². The predicted molar refractivity (Wildman–Crippen MR) is 67.1 cm³/mol. The van der Waals surface area contributed by atoms with Crippen molar-refractivity contribution in [2.75, 3.05) is 12.4 Å². The molecular formula is C13H13N3O2. The van der Waals surface area contributed by atoms with Crippen molar-refractivity contribution in [2.24, 2.45) is 0 Å². The molecule has 1 aromatic carbocycles. The van der Waals surface area contributed by atoms with Gasteiger partial charge in [-0.3, -0.25) is 0 Å². The van der Waals surface area contributed by atoms with Crippen molar-refractivity contribution in [3.05, 3.63) is 54.1 Å². The van der Waals surface area contributed by atoms with Gasteiger partial charge in [0, 0.05) is 30.2 Å². The molecule has 92 valence electrons. The molecule has 1 N–H and O–H groups in total. The molecule has 0 aliphatic rings. The summed E-state index contributed by atoms with van der Waals surface area (Å²) in [6.45, 7) is 0.550. The summed E-state index contributed by atoms with van der Waals surface area (Å²) in [4.78, 5) is 19.4. The molecule has 0 spiro atoms. The van der Waals surface area contributed by atoms with Crippen LogP contribution in [0.2, 0.25) is 0 Å². The summed E-state index contributed by atoms with van der Waals surface area (Å²) in [6, 6.07) is 7.20. The minimum absolute atomic E-state index is 0.359. The van der Waals surface area contributed by atoms with E-state index in [1.165, 1.54) is 13.4 Å². The van der Waals surface area contributed by atoms with Crippen LogP contribution in [0.1, 0.15) is 15.9 Å². The Hall–Kier alpha value is -2.43. The second kappa shape index (κ2) is 5.77. The highest BCUT2D eigenvalue weighted by Gasteiger charge is 2.10. The number of esters is 1. The van der Waals surface area contributed by atoms with Crippen LogP contribution in [-0.2, 0) is 11.3 Å². The first-order valence-electron chi connectivity index (χ1n) is 5.46. The summed E-state index contributed by atoms with van der Waals surface area (Å²) in [5.74, 6) is -0.359. The maximum atomic E-state index is 11.6. The Balaban J connectivity index is 2.12. The van der Waals surface area contributed by atoms with Crippen molar-refractivity contribution in [1.29, 1.82) is 0 Å². The number of nitrogens with zero attached hydrogens (tertiary/aromatic N) is 2. The highest BCUT2D eigenvalue weighted by atomic mass is 16.5. The number of aromatic nitrogens is 2. The van der Waals surface area contributed by atoms with Gasteiger partial charge in [-0.25, -0.2) is 14.8 Å². The average molecular weight is 243 g/mol. The lowest BCUT2D eigenvalue weighted by Crippen LogP contribution is -2.08. The molecule has 2 aromatic rings. The molecule has 0 saturated carbocycles. The number of rotatable bonds is 4. The van der Waals surface area contributed by atoms with Gasteiger partial charge in [0.25, 0.3) is 0 Å². The Bertz CT molecular complexity index is 529. The number of benzene rings is 1. The molecule has 0 amide bonds. The maximum Gasteiger partial charge on any atom is 0.339 e. The highest BCUT2D eigenvalue weighted by Crippen LogP contribution is 2.16. The summed E-state index contributed by atoms with van der Waals surface area (Å²) >= 11 is 0. The molecule has 0 bridgehead atoms. The van der Waals surface area contributed by atoms with Crippen molar-refractivity contribution in [1.82, 2.24) is 9.97 Å². The Labute approximate surface area is 105 Å². The van der Waals surface area contributed by atoms with E-state index in [2.05, 4.69) is 15.3 Å². The average Bonchev–Trinajstić information content (AvgIpc) is 2.45. The van der Waals surface area contributed by atoms with E-state index < -0.39 is 0 Å². The second-order valence-corrected chi connectivity index (χ2v) is 3.64. The zero-order valence-corrected chi connectivity index (χ0v) is 9.96. The Morgan fingerprint density at radius 1 is 1.28 bits per heavy atom. The van der Waals surface area contributed by atoms with Crippen LogP contribution in [-0.4, -0.2) is 23.0 Å². The van der Waals surface area contributed by atoms with Gasteiger partial charge in [0.2, 0.25) is 0 Å². The topological polar surface area (TPSA) is 64.1 Å². The minimum atomic E-state index is -0.359. The van der Waals surface area contributed by atoms with Gasteiger partial charge in [0.05, 0.1) is 12.7 Å². The highest BCUT2D eigenvalue weighted by molar-refractivity contribution is 5.95. The first-order chi connectivity index (χ1) is 8.81. The third kappa shape index (κ3) is 2.82. The maximum absolute atomic E-state index is 11.6. The molecule has 0 saturated heterocycles. The van der Waals surface area contributed by atoms with Crippen LogP contribution in [0.4, 0.5) is 5.69 Å². The fourth-order valence-electron chi connectivity index (χ4n) is 1.54. The summed E-state index contributed by atoms with van der Waals surface area (Å²) in [5, 5.41) is 3.16. The third-order valence-corrected chi connectivity index (χ3v) is 2.43. The van der Waals surface area contributed by atoms with Gasteiger partial charge in [-0.1, -0.05) is 12.1 Å². The lowest BCUT2D eigenvalue weighted by molar-refractivity contribution is 0.0602. The van der Waals surface area contributed by atoms with Crippen molar-refractivity contribution >= 4 is 11.7 Å². The van der Waals surface area contributed by atoms with E-state index in [9.17, 15) is 4.79 Å². The van der Waals surface area contributed by atoms with Gasteiger partial charge in [-0.2, -0.15) is 0 Å². The number of carbonyl (C=O) groups is 1. The lowest BCUT2D eigenvalue weighted by Gasteiger charge is -2.10. The van der Waals surface area contributed by atoms with E-state index in [1.807, 2.05) is 12.1 Å². The molecule has 0 unspecified atom stereocenters. The zero-order chi connectivity index (χ0) is 12.8. The van der Waals surface area contributed by atoms with Gasteiger partial charge in [-0.05, 0) is 12.1 Å². The quantitative estimate of drug-likeness (QED) is 0.830. The van der Waals surface area contributed by atoms with Crippen molar-refractivity contribution in [2.45, 2.75) is 6.54 Å². The number of methoxy groups -OCH3 is 1. The molecule has 0 aliphatic carbocycles. The van der Waals surface area contributed by atoms with Gasteiger partial charge in [-0.15, -0.1) is 0 Å². The number of para-hydroxylation sites is 1. The summed E-state index contributed by atoms with van der Waals surface area (Å²) in [7, 11) is 1.37. The number of ether oxygens (including phenoxy) is 1. The summed E-state index contributed by atoms with van der Waals surface area (Å²) in [5.41, 5.74) is 2.18. The van der Waals surface area contributed by atoms with Crippen molar-refractivity contribution in [3.63, 3.8) is 0 Å². The van der Waals surface area contributed by atoms with E-state index >= 15 is 0 Å². The Kier molecular flexibility index (Phi) is 3.86. The standard InChI is InChI=1S/C13H13N3O2/c1-18-13(17)11-4-2-3-5-12(11)16-8-10-6-14-9-15-7-10/h2-7,9,16H,8H2,1H3. The van der Waals surface area contributed by atoms with Gasteiger partial charge in [0.15, 0.2) is 0 Å². The number of carbonyl (C=O) groups excluding carboxylic acids is 1. The van der Waals surface area contributed by atoms with Gasteiger partial charge < -0.3 is 10.1 Å². The molecule has 18 heavy (non-hydrogen) atoms. The minimum Gasteiger partial charge on any atom is -0.465 e. The fraction of sp³-hybridized carbons (Fsp3) is 0.154. The van der Waals surface area contributed by atoms with Crippen LogP contribution in [0.3, 0.4) is 0 Å². The number of anilines is 1. The molecule has 0 atom stereocenters. The zero-order valence-electron chi connectivity index (χ0n) is 9.96. The molecule has 0 radical (unpaired) electrons. The second-order valence-electron chi connectivity index (χ2n) is 3.64. The molecule has 2 rings (SSSR count). The van der Waals surface area contributed by atoms with Crippen LogP contribution in [0.15, 0.2) is 43.0 Å². The Morgan fingerprint density at radius 2 is 2.00 bits per heavy atom. The van der Waals surface area contributed by atoms with Crippen molar-refractivity contribution < 1.29 is 9.53 Å². The van der Waals surface area contributed by atoms with Crippen molar-refractivity contribution in [3.8, 4) is 0 Å². The molecule has 5 heteroatoms. The van der Waals surface area contributed by atoms with Crippen LogP contribution >= 0.6 is 0 Å². The van der Waals surface area contributed by atoms with E-state index in [1.54, 1.807) is 24.5 Å². The molecule has 5 nitrogen and oxygen atoms in total. The molecule has 0 fully saturated rings. The van der Waals surface area contributed by atoms with E-state index in [0.29, 0.717) is 12.1 Å². The smallest absolute Gasteiger partial charge is 0.339 e. The number of nitrogens with one attached hydrogen (secondary N) is 1. The normalized spacial score (nSPS) is 9.83. The summed E-state index contributed by atoms with van der Waals surface area (Å²) in [6.07, 6.45) is 4.92. The molecule has 1 heterocycles. The molecular weight excluding hydrogens is 230 g/mol. The number of hydrogen-bond donors (Lipinski definition) is 1. The fourth-order valence-corrected chi connectivity index (χ4v) is 1.54. The van der Waals surface area contributed by atoms with Crippen LogP contribution in [0.25, 0.3) is 0 Å².